The third kappa shape index (κ3) is 5.15. The zero-order valence-corrected chi connectivity index (χ0v) is 20.5. The number of carbonyl (C=O) groups is 1. The molecule has 0 spiro atoms. The van der Waals surface area contributed by atoms with Crippen LogP contribution in [0, 0.1) is 33.6 Å². The maximum absolute atomic E-state index is 13.4. The Balaban J connectivity index is 1.57. The molecular weight excluding hydrogens is 424 g/mol. The van der Waals surface area contributed by atoms with E-state index in [1.807, 2.05) is 58.0 Å². The lowest BCUT2D eigenvalue weighted by Gasteiger charge is -2.31. The minimum atomic E-state index is -3.58. The molecule has 7 heteroatoms. The first-order valence-electron chi connectivity index (χ1n) is 11.1. The largest absolute Gasteiger partial charge is 0.497 e. The number of nitrogens with zero attached hydrogens (tertiary/aromatic N) is 1. The normalized spacial score (nSPS) is 15.5. The van der Waals surface area contributed by atoms with E-state index in [0.29, 0.717) is 37.4 Å². The van der Waals surface area contributed by atoms with Gasteiger partial charge in [-0.25, -0.2) is 8.42 Å². The number of aryl methyl sites for hydroxylation is 2. The van der Waals surface area contributed by atoms with Gasteiger partial charge in [0, 0.05) is 25.6 Å². The number of nitrogens with one attached hydrogen (secondary N) is 1. The molecule has 32 heavy (non-hydrogen) atoms. The van der Waals surface area contributed by atoms with Gasteiger partial charge in [-0.1, -0.05) is 18.2 Å². The van der Waals surface area contributed by atoms with Gasteiger partial charge in [-0.15, -0.1) is 0 Å². The highest BCUT2D eigenvalue weighted by molar-refractivity contribution is 7.89. The molecule has 6 nitrogen and oxygen atoms in total. The molecule has 0 radical (unpaired) electrons. The molecule has 1 saturated heterocycles. The number of benzene rings is 2. The van der Waals surface area contributed by atoms with Crippen LogP contribution in [0.25, 0.3) is 0 Å². The Hall–Kier alpha value is -2.38. The van der Waals surface area contributed by atoms with Crippen molar-refractivity contribution in [3.8, 4) is 5.75 Å². The molecule has 0 bridgehead atoms. The highest BCUT2D eigenvalue weighted by Crippen LogP contribution is 2.31. The smallest absolute Gasteiger partial charge is 0.243 e. The average molecular weight is 459 g/mol. The van der Waals surface area contributed by atoms with Gasteiger partial charge in [-0.3, -0.25) is 4.79 Å². The number of methoxy groups -OCH3 is 1. The van der Waals surface area contributed by atoms with Gasteiger partial charge in [-0.05, 0) is 86.9 Å². The lowest BCUT2D eigenvalue weighted by molar-refractivity contribution is -0.126. The van der Waals surface area contributed by atoms with Gasteiger partial charge in [0.05, 0.1) is 12.0 Å². The molecule has 1 amide bonds. The molecule has 0 unspecified atom stereocenters. The van der Waals surface area contributed by atoms with Crippen molar-refractivity contribution in [2.45, 2.75) is 51.9 Å². The molecule has 0 aliphatic carbocycles. The number of amides is 1. The van der Waals surface area contributed by atoms with Gasteiger partial charge in [-0.2, -0.15) is 4.31 Å². The molecular formula is C25H34N2O4S. The Kier molecular flexibility index (Phi) is 7.62. The molecule has 3 rings (SSSR count). The summed E-state index contributed by atoms with van der Waals surface area (Å²) in [4.78, 5) is 13.0. The predicted molar refractivity (Wildman–Crippen MR) is 127 cm³/mol. The van der Waals surface area contributed by atoms with Crippen molar-refractivity contribution in [3.05, 3.63) is 58.1 Å². The molecule has 1 heterocycles. The minimum absolute atomic E-state index is 0.00863. The molecule has 1 fully saturated rings. The molecule has 0 aromatic heterocycles. The first kappa shape index (κ1) is 24.3. The summed E-state index contributed by atoms with van der Waals surface area (Å²) in [5, 5.41) is 3.01. The molecule has 174 valence electrons. The fourth-order valence-corrected chi connectivity index (χ4v) is 6.37. The third-order valence-corrected chi connectivity index (χ3v) is 8.77. The van der Waals surface area contributed by atoms with E-state index in [0.717, 1.165) is 40.0 Å². The highest BCUT2D eigenvalue weighted by atomic mass is 32.2. The fourth-order valence-electron chi connectivity index (χ4n) is 4.32. The van der Waals surface area contributed by atoms with Gasteiger partial charge < -0.3 is 10.1 Å². The van der Waals surface area contributed by atoms with Gasteiger partial charge in [0.2, 0.25) is 15.9 Å². The van der Waals surface area contributed by atoms with Crippen LogP contribution in [0.15, 0.2) is 35.2 Å². The van der Waals surface area contributed by atoms with Crippen molar-refractivity contribution in [1.29, 1.82) is 0 Å². The molecule has 1 aliphatic rings. The maximum Gasteiger partial charge on any atom is 0.243 e. The molecule has 0 saturated carbocycles. The maximum atomic E-state index is 13.4. The molecule has 0 atom stereocenters. The van der Waals surface area contributed by atoms with E-state index in [1.54, 1.807) is 11.4 Å². The number of hydrogen-bond acceptors (Lipinski definition) is 4. The molecule has 1 N–H and O–H groups in total. The van der Waals surface area contributed by atoms with E-state index < -0.39 is 10.0 Å². The SMILES string of the molecule is COc1ccc(CCNC(=O)C2CCN(S(=O)(=O)c3c(C)c(C)cc(C)c3C)CC2)cc1. The highest BCUT2D eigenvalue weighted by Gasteiger charge is 2.34. The van der Waals surface area contributed by atoms with Crippen LogP contribution in [0.3, 0.4) is 0 Å². The summed E-state index contributed by atoms with van der Waals surface area (Å²) >= 11 is 0. The summed E-state index contributed by atoms with van der Waals surface area (Å²) < 4.78 is 33.5. The lowest BCUT2D eigenvalue weighted by atomic mass is 9.97. The van der Waals surface area contributed by atoms with E-state index >= 15 is 0 Å². The minimum Gasteiger partial charge on any atom is -0.497 e. The number of piperidine rings is 1. The Bertz CT molecular complexity index is 1040. The zero-order chi connectivity index (χ0) is 23.5. The molecule has 1 aliphatic heterocycles. The topological polar surface area (TPSA) is 75.7 Å². The predicted octanol–water partition coefficient (Wildman–Crippen LogP) is 3.69. The molecule has 2 aromatic rings. The van der Waals surface area contributed by atoms with Crippen LogP contribution in [-0.4, -0.2) is 45.4 Å². The lowest BCUT2D eigenvalue weighted by Crippen LogP contribution is -2.43. The van der Waals surface area contributed by atoms with Crippen molar-refractivity contribution in [2.75, 3.05) is 26.7 Å². The monoisotopic (exact) mass is 458 g/mol. The van der Waals surface area contributed by atoms with E-state index in [1.165, 1.54) is 0 Å². The van der Waals surface area contributed by atoms with Crippen molar-refractivity contribution in [2.24, 2.45) is 5.92 Å². The van der Waals surface area contributed by atoms with Gasteiger partial charge in [0.15, 0.2) is 0 Å². The Morgan fingerprint density at radius 3 is 2.12 bits per heavy atom. The van der Waals surface area contributed by atoms with Crippen molar-refractivity contribution in [3.63, 3.8) is 0 Å². The van der Waals surface area contributed by atoms with Crippen LogP contribution in [0.2, 0.25) is 0 Å². The van der Waals surface area contributed by atoms with E-state index in [9.17, 15) is 13.2 Å². The van der Waals surface area contributed by atoms with Crippen LogP contribution in [0.5, 0.6) is 5.75 Å². The quantitative estimate of drug-likeness (QED) is 0.687. The van der Waals surface area contributed by atoms with Gasteiger partial charge in [0.25, 0.3) is 0 Å². The molecule has 2 aromatic carbocycles. The van der Waals surface area contributed by atoms with Crippen molar-refractivity contribution < 1.29 is 17.9 Å². The second-order valence-electron chi connectivity index (χ2n) is 8.66. The van der Waals surface area contributed by atoms with Gasteiger partial charge >= 0.3 is 0 Å². The Morgan fingerprint density at radius 2 is 1.59 bits per heavy atom. The number of carbonyl (C=O) groups excluding carboxylic acids is 1. The summed E-state index contributed by atoms with van der Waals surface area (Å²) in [7, 11) is -1.95. The first-order valence-corrected chi connectivity index (χ1v) is 12.6. The van der Waals surface area contributed by atoms with E-state index in [4.69, 9.17) is 4.74 Å². The number of hydrogen-bond donors (Lipinski definition) is 1. The van der Waals surface area contributed by atoms with Crippen LogP contribution < -0.4 is 10.1 Å². The fraction of sp³-hybridized carbons (Fsp3) is 0.480. The summed E-state index contributed by atoms with van der Waals surface area (Å²) in [6.07, 6.45) is 1.82. The summed E-state index contributed by atoms with van der Waals surface area (Å²) in [6.45, 7) is 8.93. The summed E-state index contributed by atoms with van der Waals surface area (Å²) in [5.74, 6) is 0.666. The van der Waals surface area contributed by atoms with E-state index in [-0.39, 0.29) is 11.8 Å². The number of rotatable bonds is 7. The number of ether oxygens (including phenoxy) is 1. The van der Waals surface area contributed by atoms with Crippen LogP contribution in [-0.2, 0) is 21.2 Å². The Morgan fingerprint density at radius 1 is 1.03 bits per heavy atom. The third-order valence-electron chi connectivity index (χ3n) is 6.59. The standard InChI is InChI=1S/C25H34N2O4S/c1-17-16-18(2)20(4)24(19(17)3)32(29,30)27-14-11-22(12-15-27)25(28)26-13-10-21-6-8-23(31-5)9-7-21/h6-9,16,22H,10-15H2,1-5H3,(H,26,28). The summed E-state index contributed by atoms with van der Waals surface area (Å²) in [6, 6.07) is 9.84. The zero-order valence-electron chi connectivity index (χ0n) is 19.7. The average Bonchev–Trinajstić information content (AvgIpc) is 2.78. The second kappa shape index (κ2) is 10.0. The van der Waals surface area contributed by atoms with Crippen molar-refractivity contribution in [1.82, 2.24) is 9.62 Å². The van der Waals surface area contributed by atoms with Crippen molar-refractivity contribution >= 4 is 15.9 Å². The van der Waals surface area contributed by atoms with E-state index in [2.05, 4.69) is 5.32 Å². The van der Waals surface area contributed by atoms with Crippen LogP contribution in [0.1, 0.15) is 40.7 Å². The first-order chi connectivity index (χ1) is 15.1. The summed E-state index contributed by atoms with van der Waals surface area (Å²) in [5.41, 5.74) is 4.72. The van der Waals surface area contributed by atoms with Crippen LogP contribution >= 0.6 is 0 Å². The van der Waals surface area contributed by atoms with Gasteiger partial charge in [0.1, 0.15) is 5.75 Å². The second-order valence-corrected chi connectivity index (χ2v) is 10.5. The number of sulfonamides is 1. The Labute approximate surface area is 192 Å². The van der Waals surface area contributed by atoms with Crippen LogP contribution in [0.4, 0.5) is 0 Å².